The number of benzene rings is 1. The van der Waals surface area contributed by atoms with Crippen LogP contribution in [0.25, 0.3) is 0 Å². The molecule has 0 saturated heterocycles. The van der Waals surface area contributed by atoms with Gasteiger partial charge in [-0.25, -0.2) is 0 Å². The number of hydrogen-bond donors (Lipinski definition) is 2. The maximum Gasteiger partial charge on any atom is 0.222 e. The second kappa shape index (κ2) is 9.86. The summed E-state index contributed by atoms with van der Waals surface area (Å²) in [7, 11) is 0. The van der Waals surface area contributed by atoms with Crippen LogP contribution in [-0.2, 0) is 4.79 Å². The molecule has 0 aromatic heterocycles. The molecular weight excluding hydrogens is 296 g/mol. The second-order valence-electron chi connectivity index (χ2n) is 6.23. The van der Waals surface area contributed by atoms with Crippen molar-refractivity contribution in [2.45, 2.75) is 64.0 Å². The molecule has 0 aliphatic heterocycles. The number of halogens is 1. The molecule has 2 rings (SSSR count). The monoisotopic (exact) mass is 324 g/mol. The molecule has 1 aromatic carbocycles. The summed E-state index contributed by atoms with van der Waals surface area (Å²) in [5, 5.41) is 3.22. The van der Waals surface area contributed by atoms with E-state index in [0.717, 1.165) is 12.0 Å². The molecule has 1 amide bonds. The van der Waals surface area contributed by atoms with Crippen LogP contribution >= 0.6 is 12.4 Å². The minimum atomic E-state index is -0.207. The van der Waals surface area contributed by atoms with Crippen LogP contribution in [0.15, 0.2) is 30.3 Å². The van der Waals surface area contributed by atoms with Gasteiger partial charge in [0.25, 0.3) is 0 Å². The topological polar surface area (TPSA) is 55.1 Å². The Balaban J connectivity index is 0.00000242. The minimum Gasteiger partial charge on any atom is -0.353 e. The van der Waals surface area contributed by atoms with Crippen molar-refractivity contribution in [1.29, 1.82) is 0 Å². The number of unbranched alkanes of at least 4 members (excludes halogenated alkanes) is 1. The van der Waals surface area contributed by atoms with E-state index >= 15 is 0 Å². The van der Waals surface area contributed by atoms with Crippen LogP contribution in [0.3, 0.4) is 0 Å². The van der Waals surface area contributed by atoms with Crippen molar-refractivity contribution in [3.63, 3.8) is 0 Å². The fraction of sp³-hybridized carbons (Fsp3) is 0.611. The summed E-state index contributed by atoms with van der Waals surface area (Å²) >= 11 is 0. The standard InChI is InChI=1S/C18H28N2O.ClH/c1-2-3-8-15-11-7-12-17(15)20-18(21)13-16(19)14-9-5-4-6-10-14;/h4-6,9-10,15-17H,2-3,7-8,11-13,19H2,1H3,(H,20,21);1H. The van der Waals surface area contributed by atoms with Gasteiger partial charge in [0, 0.05) is 18.5 Å². The van der Waals surface area contributed by atoms with Crippen molar-refractivity contribution in [1.82, 2.24) is 5.32 Å². The zero-order valence-corrected chi connectivity index (χ0v) is 14.3. The summed E-state index contributed by atoms with van der Waals surface area (Å²) in [6, 6.07) is 10.0. The molecule has 1 fully saturated rings. The van der Waals surface area contributed by atoms with Crippen molar-refractivity contribution >= 4 is 18.3 Å². The normalized spacial score (nSPS) is 21.9. The van der Waals surface area contributed by atoms with Gasteiger partial charge >= 0.3 is 0 Å². The highest BCUT2D eigenvalue weighted by Gasteiger charge is 2.28. The summed E-state index contributed by atoms with van der Waals surface area (Å²) < 4.78 is 0. The lowest BCUT2D eigenvalue weighted by Gasteiger charge is -2.22. The number of rotatable bonds is 7. The smallest absolute Gasteiger partial charge is 0.222 e. The lowest BCUT2D eigenvalue weighted by Crippen LogP contribution is -2.38. The molecule has 4 heteroatoms. The Bertz CT molecular complexity index is 438. The Labute approximate surface area is 140 Å². The van der Waals surface area contributed by atoms with Crippen LogP contribution in [0.2, 0.25) is 0 Å². The first-order valence-electron chi connectivity index (χ1n) is 8.30. The molecule has 0 spiro atoms. The second-order valence-corrected chi connectivity index (χ2v) is 6.23. The lowest BCUT2D eigenvalue weighted by molar-refractivity contribution is -0.122. The van der Waals surface area contributed by atoms with Crippen molar-refractivity contribution in [3.05, 3.63) is 35.9 Å². The van der Waals surface area contributed by atoms with Gasteiger partial charge in [-0.2, -0.15) is 0 Å². The summed E-state index contributed by atoms with van der Waals surface area (Å²) in [4.78, 5) is 12.2. The Kier molecular flexibility index (Phi) is 8.51. The van der Waals surface area contributed by atoms with Gasteiger partial charge in [0.05, 0.1) is 0 Å². The molecule has 0 bridgehead atoms. The van der Waals surface area contributed by atoms with Crippen LogP contribution in [0, 0.1) is 5.92 Å². The van der Waals surface area contributed by atoms with E-state index in [-0.39, 0.29) is 24.4 Å². The molecule has 3 N–H and O–H groups in total. The van der Waals surface area contributed by atoms with Gasteiger partial charge in [0.1, 0.15) is 0 Å². The first-order chi connectivity index (χ1) is 10.2. The molecule has 1 aromatic rings. The molecule has 1 aliphatic carbocycles. The highest BCUT2D eigenvalue weighted by atomic mass is 35.5. The molecule has 1 aliphatic rings. The highest BCUT2D eigenvalue weighted by molar-refractivity contribution is 5.85. The van der Waals surface area contributed by atoms with Gasteiger partial charge in [-0.3, -0.25) is 4.79 Å². The SMILES string of the molecule is CCCCC1CCCC1NC(=O)CC(N)c1ccccc1.Cl. The third kappa shape index (κ3) is 5.62. The van der Waals surface area contributed by atoms with Crippen LogP contribution in [0.4, 0.5) is 0 Å². The maximum absolute atomic E-state index is 12.2. The van der Waals surface area contributed by atoms with Crippen molar-refractivity contribution in [3.8, 4) is 0 Å². The third-order valence-corrected chi connectivity index (χ3v) is 4.57. The molecule has 1 saturated carbocycles. The number of carbonyl (C=O) groups excluding carboxylic acids is 1. The van der Waals surface area contributed by atoms with Crippen molar-refractivity contribution in [2.24, 2.45) is 11.7 Å². The van der Waals surface area contributed by atoms with Crippen LogP contribution in [-0.4, -0.2) is 11.9 Å². The van der Waals surface area contributed by atoms with Gasteiger partial charge in [-0.05, 0) is 30.7 Å². The molecular formula is C18H29ClN2O. The van der Waals surface area contributed by atoms with Gasteiger partial charge in [-0.1, -0.05) is 56.5 Å². The number of carbonyl (C=O) groups is 1. The fourth-order valence-electron chi connectivity index (χ4n) is 3.32. The summed E-state index contributed by atoms with van der Waals surface area (Å²) in [6.45, 7) is 2.22. The lowest BCUT2D eigenvalue weighted by atomic mass is 9.96. The number of nitrogens with one attached hydrogen (secondary N) is 1. The molecule has 0 heterocycles. The van der Waals surface area contributed by atoms with Crippen LogP contribution in [0.1, 0.15) is 63.5 Å². The Hall–Kier alpha value is -1.06. The summed E-state index contributed by atoms with van der Waals surface area (Å²) in [6.07, 6.45) is 7.74. The average Bonchev–Trinajstić information content (AvgIpc) is 2.93. The maximum atomic E-state index is 12.2. The van der Waals surface area contributed by atoms with E-state index in [4.69, 9.17) is 5.73 Å². The number of hydrogen-bond acceptors (Lipinski definition) is 2. The van der Waals surface area contributed by atoms with E-state index in [1.54, 1.807) is 0 Å². The average molecular weight is 325 g/mol. The van der Waals surface area contributed by atoms with Crippen molar-refractivity contribution in [2.75, 3.05) is 0 Å². The Morgan fingerprint density at radius 1 is 1.32 bits per heavy atom. The zero-order valence-electron chi connectivity index (χ0n) is 13.5. The summed E-state index contributed by atoms with van der Waals surface area (Å²) in [5.41, 5.74) is 7.15. The van der Waals surface area contributed by atoms with E-state index in [0.29, 0.717) is 18.4 Å². The first kappa shape index (κ1) is 19.0. The van der Waals surface area contributed by atoms with Gasteiger partial charge < -0.3 is 11.1 Å². The van der Waals surface area contributed by atoms with Crippen LogP contribution in [0.5, 0.6) is 0 Å². The zero-order chi connectivity index (χ0) is 15.1. The van der Waals surface area contributed by atoms with E-state index in [1.165, 1.54) is 32.1 Å². The van der Waals surface area contributed by atoms with E-state index < -0.39 is 0 Å². The van der Waals surface area contributed by atoms with E-state index in [2.05, 4.69) is 12.2 Å². The minimum absolute atomic E-state index is 0. The molecule has 3 nitrogen and oxygen atoms in total. The molecule has 0 radical (unpaired) electrons. The van der Waals surface area contributed by atoms with Crippen LogP contribution < -0.4 is 11.1 Å². The molecule has 124 valence electrons. The number of amides is 1. The van der Waals surface area contributed by atoms with Gasteiger partial charge in [-0.15, -0.1) is 12.4 Å². The Morgan fingerprint density at radius 2 is 2.05 bits per heavy atom. The van der Waals surface area contributed by atoms with Gasteiger partial charge in [0.15, 0.2) is 0 Å². The van der Waals surface area contributed by atoms with Crippen molar-refractivity contribution < 1.29 is 4.79 Å². The third-order valence-electron chi connectivity index (χ3n) is 4.57. The molecule has 3 atom stereocenters. The van der Waals surface area contributed by atoms with E-state index in [1.807, 2.05) is 30.3 Å². The first-order valence-corrected chi connectivity index (χ1v) is 8.30. The quantitative estimate of drug-likeness (QED) is 0.797. The van der Waals surface area contributed by atoms with E-state index in [9.17, 15) is 4.79 Å². The van der Waals surface area contributed by atoms with Gasteiger partial charge in [0.2, 0.25) is 5.91 Å². The number of nitrogens with two attached hydrogens (primary N) is 1. The fourth-order valence-corrected chi connectivity index (χ4v) is 3.32. The molecule has 3 unspecified atom stereocenters. The largest absolute Gasteiger partial charge is 0.353 e. The predicted octanol–water partition coefficient (Wildman–Crippen LogP) is 3.97. The predicted molar refractivity (Wildman–Crippen MR) is 94.0 cm³/mol. The Morgan fingerprint density at radius 3 is 2.73 bits per heavy atom. The highest BCUT2D eigenvalue weighted by Crippen LogP contribution is 2.30. The molecule has 22 heavy (non-hydrogen) atoms. The summed E-state index contributed by atoms with van der Waals surface area (Å²) in [5.74, 6) is 0.765.